The first-order chi connectivity index (χ1) is 40.2. The molecular weight excluding hydrogens is 1150 g/mol. The third-order valence-electron chi connectivity index (χ3n) is 16.1. The highest BCUT2D eigenvalue weighted by Crippen LogP contribution is 2.44. The molecule has 2 saturated heterocycles. The van der Waals surface area contributed by atoms with Crippen LogP contribution in [0.1, 0.15) is 163 Å². The van der Waals surface area contributed by atoms with Crippen molar-refractivity contribution in [2.24, 2.45) is 35.1 Å². The number of esters is 1. The van der Waals surface area contributed by atoms with E-state index in [9.17, 15) is 43.2 Å². The predicted octanol–water partition coefficient (Wildman–Crippen LogP) is 9.78. The molecule has 2 aromatic carbocycles. The number of ether oxygens (including phenoxy) is 1. The molecule has 6 heterocycles. The van der Waals surface area contributed by atoms with Gasteiger partial charge in [0.05, 0.1) is 65.1 Å². The molecule has 2 fully saturated rings. The summed E-state index contributed by atoms with van der Waals surface area (Å²) in [6.07, 6.45) is 5.31. The van der Waals surface area contributed by atoms with Crippen molar-refractivity contribution in [2.75, 3.05) is 32.7 Å². The number of halogens is 1. The molecule has 86 heavy (non-hydrogen) atoms. The Labute approximate surface area is 522 Å². The number of fused-ring (bicyclic) bond motifs is 2. The molecule has 6 atom stereocenters. The smallest absolute Gasteiger partial charge is 0.302 e. The number of nitrogens with two attached hydrogens (primary N) is 2. The summed E-state index contributed by atoms with van der Waals surface area (Å²) in [5, 5.41) is 13.7. The Hall–Kier alpha value is -6.32. The molecule has 0 aliphatic carbocycles. The van der Waals surface area contributed by atoms with E-state index in [1.165, 1.54) is 6.92 Å². The Balaban J connectivity index is 0.000000279. The van der Waals surface area contributed by atoms with E-state index in [4.69, 9.17) is 11.5 Å². The average Bonchev–Trinajstić information content (AvgIpc) is 2.93. The number of para-hydroxylation sites is 2. The van der Waals surface area contributed by atoms with E-state index < -0.39 is 35.0 Å². The highest BCUT2D eigenvalue weighted by Gasteiger charge is 2.42. The lowest BCUT2D eigenvalue weighted by Gasteiger charge is -2.37. The van der Waals surface area contributed by atoms with Gasteiger partial charge in [-0.25, -0.2) is 0 Å². The second kappa shape index (κ2) is 31.5. The fraction of sp³-hybridized carbons (Fsp3) is 0.554. The molecular formula is C65H91ClN8O10S2. The van der Waals surface area contributed by atoms with Gasteiger partial charge in [-0.1, -0.05) is 65.8 Å². The molecule has 18 nitrogen and oxygen atoms in total. The number of hydrogen-bond acceptors (Lipinski definition) is 14. The Morgan fingerprint density at radius 1 is 0.628 bits per heavy atom. The predicted molar refractivity (Wildman–Crippen MR) is 343 cm³/mol. The van der Waals surface area contributed by atoms with Crippen molar-refractivity contribution in [1.82, 2.24) is 10.6 Å². The van der Waals surface area contributed by atoms with Gasteiger partial charge in [0.1, 0.15) is 0 Å². The van der Waals surface area contributed by atoms with Crippen LogP contribution in [0, 0.1) is 23.7 Å². The minimum Gasteiger partial charge on any atom is -0.463 e. The van der Waals surface area contributed by atoms with E-state index in [0.29, 0.717) is 77.5 Å². The number of amides is 6. The van der Waals surface area contributed by atoms with Gasteiger partial charge in [-0.15, -0.1) is 12.4 Å². The lowest BCUT2D eigenvalue weighted by atomic mass is 9.84. The number of benzene rings is 2. The largest absolute Gasteiger partial charge is 0.463 e. The van der Waals surface area contributed by atoms with Crippen LogP contribution in [0.15, 0.2) is 70.1 Å². The van der Waals surface area contributed by atoms with Crippen molar-refractivity contribution in [3.05, 3.63) is 92.3 Å². The minimum atomic E-state index is -1.07. The van der Waals surface area contributed by atoms with Gasteiger partial charge in [0.2, 0.25) is 35.4 Å². The zero-order valence-corrected chi connectivity index (χ0v) is 54.5. The second-order valence-corrected chi connectivity index (χ2v) is 26.2. The van der Waals surface area contributed by atoms with Gasteiger partial charge in [0.25, 0.3) is 0 Å². The lowest BCUT2D eigenvalue weighted by Crippen LogP contribution is -2.56. The van der Waals surface area contributed by atoms with Crippen molar-refractivity contribution in [1.29, 1.82) is 0 Å². The molecule has 0 radical (unpaired) electrons. The number of carbonyl (C=O) groups excluding carboxylic acids is 9. The summed E-state index contributed by atoms with van der Waals surface area (Å²) in [6.45, 7) is 22.0. The van der Waals surface area contributed by atoms with Crippen molar-refractivity contribution >= 4 is 111 Å². The summed E-state index contributed by atoms with van der Waals surface area (Å²) < 4.78 is 4.61. The molecule has 4 aromatic rings. The molecule has 6 amide bonds. The number of Topliss-reactive ketones (excluding diaryl/α,β-unsaturated/α-hetero) is 2. The maximum absolute atomic E-state index is 14.0. The number of thiophene rings is 2. The molecule has 21 heteroatoms. The molecule has 2 aromatic heterocycles. The van der Waals surface area contributed by atoms with Crippen molar-refractivity contribution in [3.63, 3.8) is 0 Å². The van der Waals surface area contributed by atoms with E-state index in [1.807, 2.05) is 125 Å². The number of carbonyl (C=O) groups is 9. The van der Waals surface area contributed by atoms with Crippen molar-refractivity contribution in [3.8, 4) is 0 Å². The van der Waals surface area contributed by atoms with E-state index >= 15 is 0 Å². The van der Waals surface area contributed by atoms with E-state index in [2.05, 4.69) is 15.4 Å². The molecule has 4 aliphatic rings. The van der Waals surface area contributed by atoms with Crippen molar-refractivity contribution in [2.45, 2.75) is 196 Å². The van der Waals surface area contributed by atoms with Crippen LogP contribution in [0.3, 0.4) is 0 Å². The van der Waals surface area contributed by atoms with Gasteiger partial charge in [0, 0.05) is 57.5 Å². The zero-order chi connectivity index (χ0) is 62.5. The topological polar surface area (TPSA) is 252 Å². The maximum atomic E-state index is 14.0. The maximum Gasteiger partial charge on any atom is 0.302 e. The Kier molecular flexibility index (Phi) is 25.8. The molecule has 470 valence electrons. The van der Waals surface area contributed by atoms with E-state index in [1.54, 1.807) is 56.1 Å². The van der Waals surface area contributed by atoms with Crippen LogP contribution in [0.4, 0.5) is 22.7 Å². The van der Waals surface area contributed by atoms with Gasteiger partial charge < -0.3 is 46.4 Å². The number of nitrogens with one attached hydrogen (secondary N) is 2. The summed E-state index contributed by atoms with van der Waals surface area (Å²) in [5.41, 5.74) is 17.1. The fourth-order valence-electron chi connectivity index (χ4n) is 11.0. The SMILES string of the molecule is CC(=O)OC(C)C.CC[C@@](C)(N)C(=O)N[C@H](CC(C)C)C(=O)CC1Cc2cccc(N3CCCC3=O)c2N(Cc2ccsc2)C1=O.CC[C@@](C)(N)C(=O)N[C@H](CC(C)C)C(=O)CC1Cc2cccc(N3CCCC3=O)c2N(Cc2ccsc2)C1=O.Cl. The van der Waals surface area contributed by atoms with Crippen LogP contribution < -0.4 is 41.7 Å². The molecule has 8 rings (SSSR count). The molecule has 2 unspecified atom stereocenters. The number of hydrogen-bond donors (Lipinski definition) is 4. The number of rotatable bonds is 23. The van der Waals surface area contributed by atoms with Gasteiger partial charge in [-0.05, 0) is 159 Å². The Bertz CT molecular complexity index is 2830. The highest BCUT2D eigenvalue weighted by atomic mass is 35.5. The lowest BCUT2D eigenvalue weighted by molar-refractivity contribution is -0.144. The quantitative estimate of drug-likeness (QED) is 0.0507. The molecule has 0 bridgehead atoms. The summed E-state index contributed by atoms with van der Waals surface area (Å²) in [6, 6.07) is 14.2. The highest BCUT2D eigenvalue weighted by molar-refractivity contribution is 7.08. The third-order valence-corrected chi connectivity index (χ3v) is 17.5. The Morgan fingerprint density at radius 3 is 1.29 bits per heavy atom. The van der Waals surface area contributed by atoms with Crippen molar-refractivity contribution < 1.29 is 47.9 Å². The van der Waals surface area contributed by atoms with Crippen LogP contribution >= 0.6 is 35.1 Å². The standard InChI is InChI=1S/2C30H40N4O4S.C5H10O2.ClH/c2*1-5-30(4,31)29(38)32-23(14-19(2)3)25(35)16-22-15-21-8-6-9-24(33-12-7-10-26(33)36)27(21)34(28(22)37)17-20-11-13-39-18-20;1-4(2)7-5(3)6;/h2*6,8-9,11,13,18-19,22-23H,5,7,10,12,14-17,31H2,1-4H3,(H,32,38);4H,1-3H3;1H/t2*22?,23-,30-;;/m11../s1. The summed E-state index contributed by atoms with van der Waals surface area (Å²) in [5.74, 6) is -2.16. The average molecular weight is 1240 g/mol. The third kappa shape index (κ3) is 18.4. The van der Waals surface area contributed by atoms with Gasteiger partial charge in [0.15, 0.2) is 11.6 Å². The monoisotopic (exact) mass is 1240 g/mol. The first-order valence-electron chi connectivity index (χ1n) is 30.1. The fourth-order valence-corrected chi connectivity index (χ4v) is 12.4. The first kappa shape index (κ1) is 70.4. The second-order valence-electron chi connectivity index (χ2n) is 24.6. The minimum absolute atomic E-state index is 0. The zero-order valence-electron chi connectivity index (χ0n) is 52.0. The summed E-state index contributed by atoms with van der Waals surface area (Å²) >= 11 is 3.13. The summed E-state index contributed by atoms with van der Waals surface area (Å²) in [4.78, 5) is 123. The molecule has 0 spiro atoms. The number of nitrogens with zero attached hydrogens (tertiary/aromatic N) is 4. The van der Waals surface area contributed by atoms with Crippen LogP contribution in [0.2, 0.25) is 0 Å². The normalized spacial score (nSPS) is 18.6. The van der Waals surface area contributed by atoms with Gasteiger partial charge in [-0.2, -0.15) is 22.7 Å². The van der Waals surface area contributed by atoms with E-state index in [-0.39, 0.29) is 96.2 Å². The Morgan fingerprint density at radius 2 is 1.01 bits per heavy atom. The van der Waals surface area contributed by atoms with E-state index in [0.717, 1.165) is 57.8 Å². The molecule has 6 N–H and O–H groups in total. The van der Waals surface area contributed by atoms with Crippen LogP contribution in [0.25, 0.3) is 0 Å². The number of ketones is 2. The first-order valence-corrected chi connectivity index (χ1v) is 32.0. The van der Waals surface area contributed by atoms with Crippen LogP contribution in [-0.4, -0.2) is 95.3 Å². The molecule has 0 saturated carbocycles. The summed E-state index contributed by atoms with van der Waals surface area (Å²) in [7, 11) is 0. The molecule has 4 aliphatic heterocycles. The van der Waals surface area contributed by atoms with Crippen LogP contribution in [0.5, 0.6) is 0 Å². The van der Waals surface area contributed by atoms with Gasteiger partial charge >= 0.3 is 5.97 Å². The van der Waals surface area contributed by atoms with Crippen LogP contribution in [-0.2, 0) is 73.8 Å². The van der Waals surface area contributed by atoms with Gasteiger partial charge in [-0.3, -0.25) is 43.2 Å². The number of anilines is 4.